The van der Waals surface area contributed by atoms with Crippen LogP contribution in [0, 0.1) is 6.08 Å². The molecule has 0 heterocycles. The second-order valence-electron chi connectivity index (χ2n) is 4.25. The minimum Gasteiger partial charge on any atom is -1.00 e. The summed E-state index contributed by atoms with van der Waals surface area (Å²) < 4.78 is 0. The van der Waals surface area contributed by atoms with E-state index < -0.39 is 0 Å². The van der Waals surface area contributed by atoms with E-state index in [0.717, 1.165) is 21.5 Å². The molecule has 21 heavy (non-hydrogen) atoms. The van der Waals surface area contributed by atoms with Gasteiger partial charge in [-0.1, -0.05) is 56.8 Å². The van der Waals surface area contributed by atoms with Crippen LogP contribution in [-0.2, 0) is 21.7 Å². The second kappa shape index (κ2) is 20.0. The average Bonchev–Trinajstić information content (AvgIpc) is 2.89. The molecule has 114 valence electrons. The fourth-order valence-corrected chi connectivity index (χ4v) is 1.34. The Morgan fingerprint density at radius 2 is 1.67 bits per heavy atom. The predicted octanol–water partition coefficient (Wildman–Crippen LogP) is -0.408. The van der Waals surface area contributed by atoms with Gasteiger partial charge >= 0.3 is 21.7 Å². The number of nitrogens with one attached hydrogen (secondary N) is 1. The normalized spacial score (nSPS) is 9.95. The van der Waals surface area contributed by atoms with E-state index in [0.29, 0.717) is 11.6 Å². The van der Waals surface area contributed by atoms with Crippen molar-refractivity contribution < 1.29 is 46.5 Å². The van der Waals surface area contributed by atoms with E-state index in [9.17, 15) is 0 Å². The predicted molar refractivity (Wildman–Crippen MR) is 83.6 cm³/mol. The Bertz CT molecular complexity index is 372. The number of allylic oxidation sites excluding steroid dienone is 4. The van der Waals surface area contributed by atoms with Crippen molar-refractivity contribution in [3.8, 4) is 0 Å². The van der Waals surface area contributed by atoms with Crippen molar-refractivity contribution in [2.75, 3.05) is 0 Å². The van der Waals surface area contributed by atoms with E-state index in [4.69, 9.17) is 5.73 Å². The molecular formula is C16H23Cl2NSiTi. The average molecular weight is 376 g/mol. The van der Waals surface area contributed by atoms with Crippen LogP contribution in [0.25, 0.3) is 5.73 Å². The van der Waals surface area contributed by atoms with Crippen molar-refractivity contribution in [3.05, 3.63) is 59.9 Å². The maximum absolute atomic E-state index is 7.50. The zero-order valence-corrected chi connectivity index (χ0v) is 17.2. The molecule has 0 unspecified atom stereocenters. The largest absolute Gasteiger partial charge is 4.00 e. The quantitative estimate of drug-likeness (QED) is 0.470. The molecule has 0 bridgehead atoms. The molecule has 0 aliphatic heterocycles. The van der Waals surface area contributed by atoms with Gasteiger partial charge in [0, 0.05) is 9.52 Å². The van der Waals surface area contributed by atoms with Crippen molar-refractivity contribution >= 4 is 15.2 Å². The molecule has 0 saturated carbocycles. The molecule has 0 fully saturated rings. The van der Waals surface area contributed by atoms with Crippen molar-refractivity contribution in [3.63, 3.8) is 0 Å². The third-order valence-electron chi connectivity index (χ3n) is 2.17. The molecule has 0 amide bonds. The molecule has 1 nitrogen and oxygen atoms in total. The first-order chi connectivity index (χ1) is 8.63. The minimum absolute atomic E-state index is 0. The molecule has 1 aliphatic rings. The van der Waals surface area contributed by atoms with Crippen LogP contribution in [0.5, 0.6) is 0 Å². The monoisotopic (exact) mass is 375 g/mol. The summed E-state index contributed by atoms with van der Waals surface area (Å²) in [6, 6.07) is 7.71. The third-order valence-corrected chi connectivity index (χ3v) is 2.17. The zero-order chi connectivity index (χ0) is 13.8. The molecule has 1 N–H and O–H groups in total. The standard InChI is InChI=1S/C9H12N.C5H5.C2H6Si.2ClH.Ti/c1-7(2)8-5-3-4-6-9(8)10;1-2-4-5-3-1;1-3-2;;;/h3-7,10H,1-2H3;1-3H,4H2;1-2H3;2*1H;/q2*-1;;;;+4/p-2. The molecular weight excluding hydrogens is 353 g/mol. The molecule has 2 radical (unpaired) electrons. The van der Waals surface area contributed by atoms with Gasteiger partial charge in [-0.15, -0.1) is 12.1 Å². The number of hydrogen-bond acceptors (Lipinski definition) is 0. The van der Waals surface area contributed by atoms with Crippen LogP contribution in [0.4, 0.5) is 5.69 Å². The van der Waals surface area contributed by atoms with Crippen LogP contribution in [0.2, 0.25) is 13.1 Å². The maximum Gasteiger partial charge on any atom is 4.00 e. The van der Waals surface area contributed by atoms with Gasteiger partial charge in [-0.3, -0.25) is 6.08 Å². The summed E-state index contributed by atoms with van der Waals surface area (Å²) in [5.41, 5.74) is 9.28. The Kier molecular flexibility index (Phi) is 27.7. The summed E-state index contributed by atoms with van der Waals surface area (Å²) in [5.74, 6) is 0.466. The Hall–Kier alpha value is 0.0112. The van der Waals surface area contributed by atoms with E-state index in [1.165, 1.54) is 0 Å². The van der Waals surface area contributed by atoms with Gasteiger partial charge in [-0.2, -0.15) is 6.08 Å². The van der Waals surface area contributed by atoms with Gasteiger partial charge in [0.05, 0.1) is 0 Å². The molecule has 1 aromatic carbocycles. The number of halogens is 2. The Morgan fingerprint density at radius 1 is 1.14 bits per heavy atom. The molecule has 2 rings (SSSR count). The maximum atomic E-state index is 7.50. The number of hydrogen-bond donors (Lipinski definition) is 0. The van der Waals surface area contributed by atoms with Crippen LogP contribution >= 0.6 is 0 Å². The van der Waals surface area contributed by atoms with Crippen molar-refractivity contribution in [2.45, 2.75) is 39.3 Å². The van der Waals surface area contributed by atoms with E-state index in [1.807, 2.05) is 36.4 Å². The van der Waals surface area contributed by atoms with Gasteiger partial charge in [-0.05, 0) is 5.92 Å². The summed E-state index contributed by atoms with van der Waals surface area (Å²) in [6.45, 7) is 8.51. The van der Waals surface area contributed by atoms with Gasteiger partial charge in [0.2, 0.25) is 0 Å². The second-order valence-corrected chi connectivity index (χ2v) is 5.25. The van der Waals surface area contributed by atoms with Crippen LogP contribution in [-0.4, -0.2) is 9.52 Å². The SMILES string of the molecule is CC(C)c1ccccc1[NH-].C[Si]C.[C-]1=CC=CC1.[Cl-].[Cl-].[Ti+4]. The zero-order valence-electron chi connectivity index (χ0n) is 13.1. The van der Waals surface area contributed by atoms with Gasteiger partial charge in [0.25, 0.3) is 0 Å². The third kappa shape index (κ3) is 16.2. The molecule has 1 aliphatic carbocycles. The summed E-state index contributed by atoms with van der Waals surface area (Å²) in [4.78, 5) is 0. The van der Waals surface area contributed by atoms with E-state index in [-0.39, 0.29) is 46.5 Å². The summed E-state index contributed by atoms with van der Waals surface area (Å²) in [5, 5.41) is 0. The van der Waals surface area contributed by atoms with Gasteiger partial charge in [0.15, 0.2) is 0 Å². The Balaban J connectivity index is -0.000000113. The minimum atomic E-state index is 0. The van der Waals surface area contributed by atoms with Crippen LogP contribution in [0.15, 0.2) is 42.5 Å². The van der Waals surface area contributed by atoms with Crippen LogP contribution in [0.3, 0.4) is 0 Å². The summed E-state index contributed by atoms with van der Waals surface area (Å²) in [6.07, 6.45) is 10.0. The molecule has 0 saturated heterocycles. The molecule has 5 heteroatoms. The number of benzene rings is 1. The first-order valence-electron chi connectivity index (χ1n) is 6.24. The molecule has 0 aromatic heterocycles. The molecule has 1 aromatic rings. The fraction of sp³-hybridized carbons (Fsp3) is 0.375. The van der Waals surface area contributed by atoms with Crippen LogP contribution in [0.1, 0.15) is 31.7 Å². The smallest absolute Gasteiger partial charge is 1.00 e. The molecule has 0 spiro atoms. The first-order valence-corrected chi connectivity index (χ1v) is 8.24. The molecule has 0 atom stereocenters. The van der Waals surface area contributed by atoms with Crippen molar-refractivity contribution in [1.29, 1.82) is 0 Å². The summed E-state index contributed by atoms with van der Waals surface area (Å²) in [7, 11) is 1.08. The van der Waals surface area contributed by atoms with Crippen molar-refractivity contribution in [1.82, 2.24) is 0 Å². The Labute approximate surface area is 160 Å². The Morgan fingerprint density at radius 3 is 1.90 bits per heavy atom. The van der Waals surface area contributed by atoms with Gasteiger partial charge in [-0.25, -0.2) is 12.2 Å². The summed E-state index contributed by atoms with van der Waals surface area (Å²) >= 11 is 0. The number of rotatable bonds is 1. The van der Waals surface area contributed by atoms with E-state index >= 15 is 0 Å². The van der Waals surface area contributed by atoms with E-state index in [1.54, 1.807) is 0 Å². The fourth-order valence-electron chi connectivity index (χ4n) is 1.34. The van der Waals surface area contributed by atoms with E-state index in [2.05, 4.69) is 39.1 Å². The van der Waals surface area contributed by atoms with Crippen molar-refractivity contribution in [2.24, 2.45) is 0 Å². The topological polar surface area (TPSA) is 23.8 Å². The first kappa shape index (κ1) is 29.1. The van der Waals surface area contributed by atoms with Gasteiger partial charge < -0.3 is 30.5 Å². The van der Waals surface area contributed by atoms with Crippen LogP contribution < -0.4 is 24.8 Å². The van der Waals surface area contributed by atoms with Gasteiger partial charge in [0.1, 0.15) is 0 Å².